The van der Waals surface area contributed by atoms with Crippen LogP contribution in [0.15, 0.2) is 18.3 Å². The van der Waals surface area contributed by atoms with Crippen LogP contribution in [0.1, 0.15) is 17.0 Å². The molecular formula is C11H13N5O2. The van der Waals surface area contributed by atoms with Gasteiger partial charge < -0.3 is 5.32 Å². The van der Waals surface area contributed by atoms with Crippen molar-refractivity contribution in [2.24, 2.45) is 0 Å². The minimum Gasteiger partial charge on any atom is -0.366 e. The van der Waals surface area contributed by atoms with Crippen molar-refractivity contribution in [3.63, 3.8) is 0 Å². The molecule has 0 aromatic carbocycles. The highest BCUT2D eigenvalue weighted by Gasteiger charge is 2.08. The number of anilines is 1. The highest BCUT2D eigenvalue weighted by Crippen LogP contribution is 2.14. The summed E-state index contributed by atoms with van der Waals surface area (Å²) in [5, 5.41) is 20.6. The van der Waals surface area contributed by atoms with Crippen molar-refractivity contribution in [3.05, 3.63) is 45.4 Å². The molecule has 2 aromatic rings. The van der Waals surface area contributed by atoms with Gasteiger partial charge in [-0.25, -0.2) is 4.98 Å². The lowest BCUT2D eigenvalue weighted by atomic mass is 10.2. The summed E-state index contributed by atoms with van der Waals surface area (Å²) >= 11 is 0. The zero-order chi connectivity index (χ0) is 13.1. The molecular weight excluding hydrogens is 234 g/mol. The van der Waals surface area contributed by atoms with Crippen LogP contribution < -0.4 is 5.32 Å². The van der Waals surface area contributed by atoms with Gasteiger partial charge >= 0.3 is 0 Å². The summed E-state index contributed by atoms with van der Waals surface area (Å²) in [5.41, 5.74) is 3.00. The fourth-order valence-electron chi connectivity index (χ4n) is 1.61. The molecule has 0 fully saturated rings. The third kappa shape index (κ3) is 2.45. The van der Waals surface area contributed by atoms with E-state index in [9.17, 15) is 10.1 Å². The number of nitrogens with zero attached hydrogens (tertiary/aromatic N) is 3. The lowest BCUT2D eigenvalue weighted by molar-refractivity contribution is -0.385. The fraction of sp³-hybridized carbons (Fsp3) is 0.273. The summed E-state index contributed by atoms with van der Waals surface area (Å²) in [5.74, 6) is 0.598. The SMILES string of the molecule is Cc1n[nH]c(C)c1CNc1ccc([N+](=O)[O-])cn1. The Kier molecular flexibility index (Phi) is 3.22. The number of pyridine rings is 1. The van der Waals surface area contributed by atoms with E-state index in [4.69, 9.17) is 0 Å². The standard InChI is InChI=1S/C11H13N5O2/c1-7-10(8(2)15-14-7)6-13-11-4-3-9(5-12-11)16(17)18/h3-5H,6H2,1-2H3,(H,12,13)(H,14,15). The van der Waals surface area contributed by atoms with Gasteiger partial charge in [0.1, 0.15) is 12.0 Å². The lowest BCUT2D eigenvalue weighted by Crippen LogP contribution is -2.03. The monoisotopic (exact) mass is 247 g/mol. The number of nitrogens with one attached hydrogen (secondary N) is 2. The van der Waals surface area contributed by atoms with E-state index in [0.717, 1.165) is 17.0 Å². The smallest absolute Gasteiger partial charge is 0.287 e. The van der Waals surface area contributed by atoms with Crippen molar-refractivity contribution in [3.8, 4) is 0 Å². The quantitative estimate of drug-likeness (QED) is 0.635. The van der Waals surface area contributed by atoms with Crippen molar-refractivity contribution in [1.29, 1.82) is 0 Å². The highest BCUT2D eigenvalue weighted by atomic mass is 16.6. The van der Waals surface area contributed by atoms with Crippen LogP contribution in [0, 0.1) is 24.0 Å². The van der Waals surface area contributed by atoms with E-state index in [0.29, 0.717) is 12.4 Å². The van der Waals surface area contributed by atoms with Crippen LogP contribution in [0.5, 0.6) is 0 Å². The number of aromatic amines is 1. The van der Waals surface area contributed by atoms with Gasteiger partial charge in [0, 0.05) is 23.9 Å². The molecule has 94 valence electrons. The van der Waals surface area contributed by atoms with E-state index < -0.39 is 4.92 Å². The van der Waals surface area contributed by atoms with Crippen molar-refractivity contribution in [1.82, 2.24) is 15.2 Å². The maximum atomic E-state index is 10.5. The second-order valence-corrected chi connectivity index (χ2v) is 3.92. The Balaban J connectivity index is 2.04. The van der Waals surface area contributed by atoms with E-state index >= 15 is 0 Å². The Morgan fingerprint density at radius 3 is 2.72 bits per heavy atom. The molecule has 0 saturated carbocycles. The molecule has 0 bridgehead atoms. The minimum absolute atomic E-state index is 0.0174. The molecule has 2 aromatic heterocycles. The molecule has 2 N–H and O–H groups in total. The van der Waals surface area contributed by atoms with E-state index in [1.54, 1.807) is 6.07 Å². The third-order valence-corrected chi connectivity index (χ3v) is 2.69. The van der Waals surface area contributed by atoms with Crippen LogP contribution in [0.3, 0.4) is 0 Å². The topological polar surface area (TPSA) is 96.7 Å². The van der Waals surface area contributed by atoms with E-state index in [2.05, 4.69) is 20.5 Å². The summed E-state index contributed by atoms with van der Waals surface area (Å²) in [7, 11) is 0. The van der Waals surface area contributed by atoms with Gasteiger partial charge in [0.15, 0.2) is 0 Å². The Bertz CT molecular complexity index is 542. The molecule has 0 unspecified atom stereocenters. The van der Waals surface area contributed by atoms with Crippen LogP contribution in [-0.4, -0.2) is 20.1 Å². The number of rotatable bonds is 4. The Labute approximate surface area is 103 Å². The molecule has 0 aliphatic carbocycles. The molecule has 18 heavy (non-hydrogen) atoms. The predicted molar refractivity (Wildman–Crippen MR) is 66.3 cm³/mol. The van der Waals surface area contributed by atoms with Crippen molar-refractivity contribution in [2.75, 3.05) is 5.32 Å². The van der Waals surface area contributed by atoms with Crippen LogP contribution in [-0.2, 0) is 6.54 Å². The molecule has 7 heteroatoms. The fourth-order valence-corrected chi connectivity index (χ4v) is 1.61. The summed E-state index contributed by atoms with van der Waals surface area (Å²) in [6.45, 7) is 4.45. The van der Waals surface area contributed by atoms with Crippen LogP contribution in [0.4, 0.5) is 11.5 Å². The molecule has 0 radical (unpaired) electrons. The van der Waals surface area contributed by atoms with Crippen molar-refractivity contribution >= 4 is 11.5 Å². The molecule has 0 amide bonds. The molecule has 0 aliphatic rings. The summed E-state index contributed by atoms with van der Waals surface area (Å²) in [6, 6.07) is 3.01. The van der Waals surface area contributed by atoms with Gasteiger partial charge in [-0.1, -0.05) is 0 Å². The first kappa shape index (κ1) is 12.0. The van der Waals surface area contributed by atoms with E-state index in [-0.39, 0.29) is 5.69 Å². The minimum atomic E-state index is -0.471. The molecule has 7 nitrogen and oxygen atoms in total. The summed E-state index contributed by atoms with van der Waals surface area (Å²) in [6.07, 6.45) is 1.23. The first-order valence-corrected chi connectivity index (χ1v) is 5.42. The Hall–Kier alpha value is -2.44. The number of H-pyrrole nitrogens is 1. The average molecular weight is 247 g/mol. The first-order valence-electron chi connectivity index (χ1n) is 5.42. The molecule has 0 atom stereocenters. The van der Waals surface area contributed by atoms with Crippen LogP contribution >= 0.6 is 0 Å². The van der Waals surface area contributed by atoms with Gasteiger partial charge in [0.25, 0.3) is 5.69 Å². The van der Waals surface area contributed by atoms with Crippen LogP contribution in [0.2, 0.25) is 0 Å². The van der Waals surface area contributed by atoms with Crippen molar-refractivity contribution in [2.45, 2.75) is 20.4 Å². The normalized spacial score (nSPS) is 10.3. The zero-order valence-corrected chi connectivity index (χ0v) is 10.1. The maximum Gasteiger partial charge on any atom is 0.287 e. The number of nitro groups is 1. The number of hydrogen-bond acceptors (Lipinski definition) is 5. The molecule has 2 rings (SSSR count). The van der Waals surface area contributed by atoms with Gasteiger partial charge in [-0.2, -0.15) is 5.10 Å². The number of aromatic nitrogens is 3. The van der Waals surface area contributed by atoms with Gasteiger partial charge in [-0.05, 0) is 19.9 Å². The number of hydrogen-bond donors (Lipinski definition) is 2. The number of aryl methyl sites for hydroxylation is 2. The second kappa shape index (κ2) is 4.82. The summed E-state index contributed by atoms with van der Waals surface area (Å²) in [4.78, 5) is 14.0. The average Bonchev–Trinajstić information content (AvgIpc) is 2.67. The molecule has 0 aliphatic heterocycles. The predicted octanol–water partition coefficient (Wildman–Crippen LogP) is 1.94. The lowest BCUT2D eigenvalue weighted by Gasteiger charge is -2.05. The third-order valence-electron chi connectivity index (χ3n) is 2.69. The largest absolute Gasteiger partial charge is 0.366 e. The van der Waals surface area contributed by atoms with E-state index in [1.807, 2.05) is 13.8 Å². The van der Waals surface area contributed by atoms with Gasteiger partial charge in [-0.15, -0.1) is 0 Å². The Morgan fingerprint density at radius 2 is 2.22 bits per heavy atom. The van der Waals surface area contributed by atoms with Gasteiger partial charge in [0.2, 0.25) is 0 Å². The maximum absolute atomic E-state index is 10.5. The van der Waals surface area contributed by atoms with Gasteiger partial charge in [-0.3, -0.25) is 15.2 Å². The first-order chi connectivity index (χ1) is 8.58. The van der Waals surface area contributed by atoms with E-state index in [1.165, 1.54) is 12.3 Å². The zero-order valence-electron chi connectivity index (χ0n) is 10.1. The summed E-state index contributed by atoms with van der Waals surface area (Å²) < 4.78 is 0. The second-order valence-electron chi connectivity index (χ2n) is 3.92. The van der Waals surface area contributed by atoms with Gasteiger partial charge in [0.05, 0.1) is 10.6 Å². The van der Waals surface area contributed by atoms with Crippen molar-refractivity contribution < 1.29 is 4.92 Å². The Morgan fingerprint density at radius 1 is 1.44 bits per heavy atom. The van der Waals surface area contributed by atoms with Crippen LogP contribution in [0.25, 0.3) is 0 Å². The molecule has 0 saturated heterocycles. The molecule has 0 spiro atoms. The molecule has 2 heterocycles. The highest BCUT2D eigenvalue weighted by molar-refractivity contribution is 5.41.